The molecule has 0 spiro atoms. The number of thioether (sulfide) groups is 1. The maximum Gasteiger partial charge on any atom is 0.408 e. The van der Waals surface area contributed by atoms with Crippen LogP contribution in [0.4, 0.5) is 4.79 Å². The molecule has 0 saturated heterocycles. The Morgan fingerprint density at radius 3 is 2.31 bits per heavy atom. The summed E-state index contributed by atoms with van der Waals surface area (Å²) in [6.07, 6.45) is 8.62. The number of aromatic amines is 1. The van der Waals surface area contributed by atoms with Crippen molar-refractivity contribution in [3.8, 4) is 0 Å². The van der Waals surface area contributed by atoms with Crippen LogP contribution in [-0.4, -0.2) is 73.8 Å². The molecule has 1 fully saturated rings. The number of carbonyl (C=O) groups excluding carboxylic acids is 3. The first-order chi connectivity index (χ1) is 22.9. The number of aromatic nitrogens is 2. The standard InChI is InChI=1S/C37H53N5O5S/c1-24(2)17-30(33(43)22-48-29-13-7-6-8-14-29)40-35(45)32(20-28-21-38-23-39-28)41-34(44)31(42-36(46)47-37(3,4)5)19-25-15-16-26-11-9-10-12-27(26)18-25/h9-12,15-16,18,21,23-24,29-33,43H,6-8,13-14,17,19-20,22H2,1-5H3,(H,38,39)(H,40,45)(H,41,44)(H,42,46)/t30-,31+,32+,33-/m1/s1. The number of rotatable bonds is 15. The Morgan fingerprint density at radius 2 is 1.65 bits per heavy atom. The number of fused-ring (bicyclic) bond motifs is 1. The minimum absolute atomic E-state index is 0.147. The summed E-state index contributed by atoms with van der Waals surface area (Å²) in [5, 5.41) is 22.6. The number of amides is 3. The van der Waals surface area contributed by atoms with Crippen molar-refractivity contribution in [2.24, 2.45) is 5.92 Å². The number of H-pyrrole nitrogens is 1. The monoisotopic (exact) mass is 679 g/mol. The number of nitrogens with one attached hydrogen (secondary N) is 4. The average Bonchev–Trinajstić information content (AvgIpc) is 3.55. The predicted octanol–water partition coefficient (Wildman–Crippen LogP) is 5.68. The first-order valence-corrected chi connectivity index (χ1v) is 18.3. The van der Waals surface area contributed by atoms with Gasteiger partial charge < -0.3 is 30.8 Å². The first-order valence-electron chi connectivity index (χ1n) is 17.2. The highest BCUT2D eigenvalue weighted by Gasteiger charge is 2.32. The van der Waals surface area contributed by atoms with Gasteiger partial charge in [-0.3, -0.25) is 9.59 Å². The summed E-state index contributed by atoms with van der Waals surface area (Å²) in [6, 6.07) is 11.3. The van der Waals surface area contributed by atoms with Crippen molar-refractivity contribution in [3.05, 3.63) is 66.2 Å². The lowest BCUT2D eigenvalue weighted by Crippen LogP contribution is -2.57. The van der Waals surface area contributed by atoms with E-state index in [1.165, 1.54) is 25.6 Å². The molecule has 0 radical (unpaired) electrons. The van der Waals surface area contributed by atoms with Gasteiger partial charge in [0.25, 0.3) is 0 Å². The molecule has 1 aliphatic carbocycles. The molecule has 2 aromatic carbocycles. The fraction of sp³-hybridized carbons (Fsp3) is 0.568. The Kier molecular flexibility index (Phi) is 13.8. The number of hydrogen-bond donors (Lipinski definition) is 5. The molecule has 0 aliphatic heterocycles. The number of imidazole rings is 1. The van der Waals surface area contributed by atoms with Crippen LogP contribution >= 0.6 is 11.8 Å². The molecule has 11 heteroatoms. The lowest BCUT2D eigenvalue weighted by Gasteiger charge is -2.30. The van der Waals surface area contributed by atoms with Crippen LogP contribution in [0.2, 0.25) is 0 Å². The Hall–Kier alpha value is -3.57. The molecular formula is C37H53N5O5S. The fourth-order valence-electron chi connectivity index (χ4n) is 6.04. The van der Waals surface area contributed by atoms with Gasteiger partial charge in [0.05, 0.1) is 18.5 Å². The number of aliphatic hydroxyl groups is 1. The van der Waals surface area contributed by atoms with Gasteiger partial charge in [0.15, 0.2) is 0 Å². The third-order valence-electron chi connectivity index (χ3n) is 8.45. The zero-order chi connectivity index (χ0) is 34.7. The lowest BCUT2D eigenvalue weighted by atomic mass is 9.98. The molecular weight excluding hydrogens is 627 g/mol. The Bertz CT molecular complexity index is 1470. The van der Waals surface area contributed by atoms with Crippen LogP contribution in [0.3, 0.4) is 0 Å². The first kappa shape index (κ1) is 37.3. The smallest absolute Gasteiger partial charge is 0.408 e. The second kappa shape index (κ2) is 17.7. The average molecular weight is 680 g/mol. The molecule has 0 unspecified atom stereocenters. The van der Waals surface area contributed by atoms with E-state index in [4.69, 9.17) is 4.74 Å². The van der Waals surface area contributed by atoms with Crippen LogP contribution in [0.15, 0.2) is 55.0 Å². The van der Waals surface area contributed by atoms with Crippen LogP contribution in [0.5, 0.6) is 0 Å². The van der Waals surface area contributed by atoms with Gasteiger partial charge in [-0.15, -0.1) is 0 Å². The molecule has 4 atom stereocenters. The van der Waals surface area contributed by atoms with Crippen molar-refractivity contribution in [1.82, 2.24) is 25.9 Å². The molecule has 4 rings (SSSR count). The SMILES string of the molecule is CC(C)C[C@@H](NC(=O)[C@H](Cc1cnc[nH]1)NC(=O)[C@H](Cc1ccc2ccccc2c1)NC(=O)OC(C)(C)C)[C@H](O)CSC1CCCCC1. The van der Waals surface area contributed by atoms with Crippen LogP contribution < -0.4 is 16.0 Å². The van der Waals surface area contributed by atoms with Crippen LogP contribution in [0.1, 0.15) is 84.4 Å². The molecule has 1 saturated carbocycles. The zero-order valence-corrected chi connectivity index (χ0v) is 29.8. The van der Waals surface area contributed by atoms with Crippen LogP contribution in [-0.2, 0) is 27.2 Å². The molecule has 3 amide bonds. The summed E-state index contributed by atoms with van der Waals surface area (Å²) in [5.41, 5.74) is 0.740. The number of alkyl carbamates (subject to hydrolysis) is 1. The number of carbonyl (C=O) groups is 3. The topological polar surface area (TPSA) is 145 Å². The van der Waals surface area contributed by atoms with E-state index in [2.05, 4.69) is 39.8 Å². The normalized spacial score (nSPS) is 16.6. The van der Waals surface area contributed by atoms with E-state index in [1.54, 1.807) is 38.7 Å². The van der Waals surface area contributed by atoms with Gasteiger partial charge in [-0.2, -0.15) is 11.8 Å². The highest BCUT2D eigenvalue weighted by Crippen LogP contribution is 2.29. The number of benzene rings is 2. The Balaban J connectivity index is 1.52. The molecule has 1 aliphatic rings. The lowest BCUT2D eigenvalue weighted by molar-refractivity contribution is -0.130. The van der Waals surface area contributed by atoms with E-state index in [-0.39, 0.29) is 18.8 Å². The zero-order valence-electron chi connectivity index (χ0n) is 29.0. The molecule has 5 N–H and O–H groups in total. The summed E-state index contributed by atoms with van der Waals surface area (Å²) in [4.78, 5) is 48.0. The van der Waals surface area contributed by atoms with Gasteiger partial charge in [-0.25, -0.2) is 9.78 Å². The van der Waals surface area contributed by atoms with E-state index >= 15 is 0 Å². The third kappa shape index (κ3) is 12.1. The van der Waals surface area contributed by atoms with Crippen molar-refractivity contribution in [1.29, 1.82) is 0 Å². The highest BCUT2D eigenvalue weighted by molar-refractivity contribution is 7.99. The van der Waals surface area contributed by atoms with Crippen molar-refractivity contribution in [2.45, 2.75) is 121 Å². The minimum atomic E-state index is -1.03. The number of nitrogens with zero attached hydrogens (tertiary/aromatic N) is 1. The van der Waals surface area contributed by atoms with Gasteiger partial charge in [0.2, 0.25) is 11.8 Å². The van der Waals surface area contributed by atoms with Crippen molar-refractivity contribution in [2.75, 3.05) is 5.75 Å². The summed E-state index contributed by atoms with van der Waals surface area (Å²) in [6.45, 7) is 9.38. The van der Waals surface area contributed by atoms with E-state index in [0.29, 0.717) is 23.1 Å². The van der Waals surface area contributed by atoms with Gasteiger partial charge >= 0.3 is 6.09 Å². The molecule has 1 heterocycles. The van der Waals surface area contributed by atoms with Gasteiger partial charge in [-0.05, 0) is 62.3 Å². The van der Waals surface area contributed by atoms with Crippen molar-refractivity contribution in [3.63, 3.8) is 0 Å². The molecule has 10 nitrogen and oxygen atoms in total. The Labute approximate surface area is 289 Å². The number of hydrogen-bond acceptors (Lipinski definition) is 7. The van der Waals surface area contributed by atoms with Crippen LogP contribution in [0.25, 0.3) is 10.8 Å². The minimum Gasteiger partial charge on any atom is -0.444 e. The van der Waals surface area contributed by atoms with Gasteiger partial charge in [0.1, 0.15) is 17.7 Å². The molecule has 48 heavy (non-hydrogen) atoms. The summed E-state index contributed by atoms with van der Waals surface area (Å²) >= 11 is 1.79. The molecule has 0 bridgehead atoms. The van der Waals surface area contributed by atoms with Crippen molar-refractivity contribution < 1.29 is 24.2 Å². The van der Waals surface area contributed by atoms with E-state index in [1.807, 2.05) is 42.5 Å². The second-order valence-electron chi connectivity index (χ2n) is 14.3. The maximum atomic E-state index is 14.0. The highest BCUT2D eigenvalue weighted by atomic mass is 32.2. The van der Waals surface area contributed by atoms with Crippen molar-refractivity contribution >= 4 is 40.4 Å². The van der Waals surface area contributed by atoms with Gasteiger partial charge in [-0.1, -0.05) is 75.6 Å². The van der Waals surface area contributed by atoms with E-state index < -0.39 is 47.7 Å². The molecule has 3 aromatic rings. The predicted molar refractivity (Wildman–Crippen MR) is 192 cm³/mol. The summed E-state index contributed by atoms with van der Waals surface area (Å²) in [7, 11) is 0. The van der Waals surface area contributed by atoms with Gasteiger partial charge in [0, 0.05) is 35.7 Å². The Morgan fingerprint density at radius 1 is 0.958 bits per heavy atom. The van der Waals surface area contributed by atoms with Crippen LogP contribution in [0, 0.1) is 5.92 Å². The summed E-state index contributed by atoms with van der Waals surface area (Å²) < 4.78 is 5.49. The van der Waals surface area contributed by atoms with E-state index in [0.717, 1.165) is 29.2 Å². The second-order valence-corrected chi connectivity index (χ2v) is 15.7. The maximum absolute atomic E-state index is 14.0. The third-order valence-corrected chi connectivity index (χ3v) is 9.92. The molecule has 1 aromatic heterocycles. The largest absolute Gasteiger partial charge is 0.444 e. The molecule has 262 valence electrons. The van der Waals surface area contributed by atoms with E-state index in [9.17, 15) is 19.5 Å². The quantitative estimate of drug-likeness (QED) is 0.139. The number of ether oxygens (including phenoxy) is 1. The fourth-order valence-corrected chi connectivity index (χ4v) is 7.41. The number of aliphatic hydroxyl groups excluding tert-OH is 1. The summed E-state index contributed by atoms with van der Waals surface area (Å²) in [5.74, 6) is -0.169.